The van der Waals surface area contributed by atoms with E-state index >= 15 is 0 Å². The van der Waals surface area contributed by atoms with Crippen molar-refractivity contribution in [1.29, 1.82) is 0 Å². The van der Waals surface area contributed by atoms with Gasteiger partial charge in [-0.3, -0.25) is 25.0 Å². The average molecular weight is 863 g/mol. The number of carbonyl (C=O) groups is 3. The Morgan fingerprint density at radius 3 is 1.42 bits per heavy atom. The van der Waals surface area contributed by atoms with E-state index in [0.717, 1.165) is 50.6 Å². The summed E-state index contributed by atoms with van der Waals surface area (Å²) in [6, 6.07) is 56.0. The monoisotopic (exact) mass is 862 g/mol. The molecule has 318 valence electrons. The molecule has 3 amide bonds. The lowest BCUT2D eigenvalue weighted by Crippen LogP contribution is -2.23. The molecule has 3 heterocycles. The van der Waals surface area contributed by atoms with E-state index in [2.05, 4.69) is 60.0 Å². The van der Waals surface area contributed by atoms with Crippen LogP contribution in [-0.2, 0) is 6.54 Å². The van der Waals surface area contributed by atoms with E-state index in [-0.39, 0.29) is 28.6 Å². The fourth-order valence-electron chi connectivity index (χ4n) is 8.02. The summed E-state index contributed by atoms with van der Waals surface area (Å²) in [6.45, 7) is 2.87. The van der Waals surface area contributed by atoms with Crippen LogP contribution in [0.2, 0.25) is 0 Å². The predicted molar refractivity (Wildman–Crippen MR) is 257 cm³/mol. The van der Waals surface area contributed by atoms with Crippen molar-refractivity contribution >= 4 is 57.1 Å². The molecule has 0 saturated heterocycles. The molecule has 0 radical (unpaired) electrons. The topological polar surface area (TPSA) is 170 Å². The minimum absolute atomic E-state index is 0.0769. The first kappa shape index (κ1) is 40.8. The molecule has 0 unspecified atom stereocenters. The van der Waals surface area contributed by atoms with E-state index in [0.29, 0.717) is 28.5 Å². The van der Waals surface area contributed by atoms with Crippen LogP contribution in [0.25, 0.3) is 66.8 Å². The smallest absolute Gasteiger partial charge is 0.258 e. The number of aromatic nitrogens is 7. The maximum Gasteiger partial charge on any atom is 0.258 e. The second-order valence-electron chi connectivity index (χ2n) is 15.2. The maximum atomic E-state index is 14.5. The molecule has 7 aromatic carbocycles. The van der Waals surface area contributed by atoms with Crippen molar-refractivity contribution in [1.82, 2.24) is 34.9 Å². The summed E-state index contributed by atoms with van der Waals surface area (Å²) in [5.74, 6) is -2.19. The molecule has 66 heavy (non-hydrogen) atoms. The van der Waals surface area contributed by atoms with E-state index in [1.54, 1.807) is 0 Å². The SMILES string of the molecule is CCn1c2ccccc2c2cc(NC(=O)c3ccc(C(=O)Nc4nnc(-c5ccccc5)c(-c5ccccc5)n4)c(C(=O)Nc4nnc(-c5ccccc5)c(-c5ccccc5)n4)c3)ccc21. The van der Waals surface area contributed by atoms with Gasteiger partial charge in [0, 0.05) is 61.9 Å². The van der Waals surface area contributed by atoms with E-state index in [9.17, 15) is 14.4 Å². The molecule has 13 nitrogen and oxygen atoms in total. The average Bonchev–Trinajstić information content (AvgIpc) is 3.70. The van der Waals surface area contributed by atoms with Crippen LogP contribution in [0.15, 0.2) is 182 Å². The number of hydrogen-bond acceptors (Lipinski definition) is 9. The molecule has 0 saturated carbocycles. The van der Waals surface area contributed by atoms with Gasteiger partial charge in [-0.15, -0.1) is 20.4 Å². The molecule has 0 aliphatic carbocycles. The molecular weight excluding hydrogens is 825 g/mol. The number of anilines is 3. The lowest BCUT2D eigenvalue weighted by atomic mass is 10.0. The molecule has 0 atom stereocenters. The van der Waals surface area contributed by atoms with E-state index < -0.39 is 17.7 Å². The number of hydrogen-bond donors (Lipinski definition) is 3. The largest absolute Gasteiger partial charge is 0.341 e. The molecule has 3 aromatic heterocycles. The number of aryl methyl sites for hydroxylation is 1. The van der Waals surface area contributed by atoms with Crippen LogP contribution in [0.1, 0.15) is 38.0 Å². The van der Waals surface area contributed by atoms with E-state index in [4.69, 9.17) is 9.97 Å². The van der Waals surface area contributed by atoms with Crippen molar-refractivity contribution in [3.05, 3.63) is 199 Å². The summed E-state index contributed by atoms with van der Waals surface area (Å²) in [5, 5.41) is 28.1. The van der Waals surface area contributed by atoms with Crippen molar-refractivity contribution in [3.63, 3.8) is 0 Å². The van der Waals surface area contributed by atoms with Crippen molar-refractivity contribution in [2.75, 3.05) is 16.0 Å². The Kier molecular flexibility index (Phi) is 11.0. The summed E-state index contributed by atoms with van der Waals surface area (Å²) < 4.78 is 2.23. The zero-order chi connectivity index (χ0) is 45.0. The van der Waals surface area contributed by atoms with Crippen LogP contribution >= 0.6 is 0 Å². The Bertz CT molecular complexity index is 3440. The number of benzene rings is 7. The zero-order valence-corrected chi connectivity index (χ0v) is 35.4. The second kappa shape index (κ2) is 17.9. The van der Waals surface area contributed by atoms with Gasteiger partial charge in [0.15, 0.2) is 0 Å². The van der Waals surface area contributed by atoms with E-state index in [1.807, 2.05) is 152 Å². The number of fused-ring (bicyclic) bond motifs is 3. The van der Waals surface area contributed by atoms with Crippen LogP contribution in [0.4, 0.5) is 17.6 Å². The van der Waals surface area contributed by atoms with Gasteiger partial charge in [-0.05, 0) is 49.4 Å². The summed E-state index contributed by atoms with van der Waals surface area (Å²) >= 11 is 0. The highest BCUT2D eigenvalue weighted by atomic mass is 16.2. The van der Waals surface area contributed by atoms with Gasteiger partial charge in [0.1, 0.15) is 22.8 Å². The Balaban J connectivity index is 1.01. The lowest BCUT2D eigenvalue weighted by molar-refractivity contribution is 0.0988. The molecule has 0 spiro atoms. The van der Waals surface area contributed by atoms with Crippen molar-refractivity contribution in [2.24, 2.45) is 0 Å². The number of rotatable bonds is 11. The number of carbonyl (C=O) groups excluding carboxylic acids is 3. The summed E-state index contributed by atoms with van der Waals surface area (Å²) in [7, 11) is 0. The second-order valence-corrected chi connectivity index (χ2v) is 15.2. The highest BCUT2D eigenvalue weighted by Crippen LogP contribution is 2.33. The molecule has 0 bridgehead atoms. The van der Waals surface area contributed by atoms with Crippen LogP contribution in [-0.4, -0.2) is 52.7 Å². The number of amides is 3. The highest BCUT2D eigenvalue weighted by Gasteiger charge is 2.24. The van der Waals surface area contributed by atoms with Crippen molar-refractivity contribution in [3.8, 4) is 45.0 Å². The van der Waals surface area contributed by atoms with Crippen molar-refractivity contribution < 1.29 is 14.4 Å². The minimum Gasteiger partial charge on any atom is -0.341 e. The standard InChI is InChI=1S/C53H38N10O3/c1-2-63-43-26-16-15-25-39(43)41-32-38(28-30-44(41)63)54-49(64)37-27-29-40(50(65)57-52-55-45(33-17-7-3-8-18-33)47(59-61-52)35-21-11-5-12-22-35)42(31-37)51(66)58-53-56-46(34-19-9-4-10-20-34)48(60-62-53)36-23-13-6-14-24-36/h3-32H,2H2,1H3,(H,54,64)(H,55,57,61,65)(H,56,58,62,66). The summed E-state index contributed by atoms with van der Waals surface area (Å²) in [5.41, 5.74) is 7.68. The lowest BCUT2D eigenvalue weighted by Gasteiger charge is -2.14. The highest BCUT2D eigenvalue weighted by molar-refractivity contribution is 6.17. The molecule has 0 aliphatic heterocycles. The Morgan fingerprint density at radius 2 is 0.894 bits per heavy atom. The van der Waals surface area contributed by atoms with Gasteiger partial charge in [0.05, 0.1) is 11.1 Å². The van der Waals surface area contributed by atoms with Gasteiger partial charge in [0.25, 0.3) is 17.7 Å². The third-order valence-electron chi connectivity index (χ3n) is 11.1. The molecule has 3 N–H and O–H groups in total. The number of para-hydroxylation sites is 1. The summed E-state index contributed by atoms with van der Waals surface area (Å²) in [6.07, 6.45) is 0. The zero-order valence-electron chi connectivity index (χ0n) is 35.4. The summed E-state index contributed by atoms with van der Waals surface area (Å²) in [4.78, 5) is 52.4. The minimum atomic E-state index is -0.764. The first-order valence-corrected chi connectivity index (χ1v) is 21.2. The predicted octanol–water partition coefficient (Wildman–Crippen LogP) is 10.6. The molecule has 10 rings (SSSR count). The molecule has 0 fully saturated rings. The normalized spacial score (nSPS) is 11.0. The first-order valence-electron chi connectivity index (χ1n) is 21.2. The first-order chi connectivity index (χ1) is 32.4. The third kappa shape index (κ3) is 8.11. The molecule has 13 heteroatoms. The van der Waals surface area contributed by atoms with Gasteiger partial charge in [-0.25, -0.2) is 9.97 Å². The van der Waals surface area contributed by atoms with Crippen LogP contribution < -0.4 is 16.0 Å². The van der Waals surface area contributed by atoms with Gasteiger partial charge in [-0.2, -0.15) is 0 Å². The van der Waals surface area contributed by atoms with Crippen LogP contribution in [0.5, 0.6) is 0 Å². The molecule has 10 aromatic rings. The van der Waals surface area contributed by atoms with Crippen LogP contribution in [0, 0.1) is 0 Å². The van der Waals surface area contributed by atoms with E-state index in [1.165, 1.54) is 18.2 Å². The molecule has 0 aliphatic rings. The van der Waals surface area contributed by atoms with Gasteiger partial charge in [-0.1, -0.05) is 140 Å². The fraction of sp³-hybridized carbons (Fsp3) is 0.0377. The number of nitrogens with zero attached hydrogens (tertiary/aromatic N) is 7. The maximum absolute atomic E-state index is 14.5. The van der Waals surface area contributed by atoms with Crippen LogP contribution in [0.3, 0.4) is 0 Å². The van der Waals surface area contributed by atoms with Gasteiger partial charge in [0.2, 0.25) is 11.9 Å². The fourth-order valence-corrected chi connectivity index (χ4v) is 8.02. The Labute approximate surface area is 378 Å². The van der Waals surface area contributed by atoms with Crippen molar-refractivity contribution in [2.45, 2.75) is 13.5 Å². The Hall–Kier alpha value is -9.23. The van der Waals surface area contributed by atoms with Gasteiger partial charge >= 0.3 is 0 Å². The third-order valence-corrected chi connectivity index (χ3v) is 11.1. The van der Waals surface area contributed by atoms with Gasteiger partial charge < -0.3 is 9.88 Å². The Morgan fingerprint density at radius 1 is 0.424 bits per heavy atom. The molecular formula is C53H38N10O3. The quantitative estimate of drug-likeness (QED) is 0.115. The number of nitrogens with one attached hydrogen (secondary N) is 3.